The van der Waals surface area contributed by atoms with Crippen molar-refractivity contribution in [1.29, 1.82) is 0 Å². The van der Waals surface area contributed by atoms with Crippen molar-refractivity contribution >= 4 is 33.2 Å². The molecular formula is C25H27ClN2O5S. The molecule has 3 aromatic carbocycles. The predicted molar refractivity (Wildman–Crippen MR) is 133 cm³/mol. The average molecular weight is 503 g/mol. The highest BCUT2D eigenvalue weighted by molar-refractivity contribution is 7.92. The Balaban J connectivity index is 1.59. The zero-order valence-electron chi connectivity index (χ0n) is 19.2. The van der Waals surface area contributed by atoms with Crippen LogP contribution < -0.4 is 19.5 Å². The van der Waals surface area contributed by atoms with E-state index in [2.05, 4.69) is 10.0 Å². The molecule has 0 unspecified atom stereocenters. The molecule has 0 saturated carbocycles. The van der Waals surface area contributed by atoms with Crippen LogP contribution in [0, 0.1) is 6.92 Å². The molecule has 0 aliphatic heterocycles. The van der Waals surface area contributed by atoms with Crippen LogP contribution in [0.2, 0.25) is 5.02 Å². The molecule has 34 heavy (non-hydrogen) atoms. The number of benzene rings is 3. The predicted octanol–water partition coefficient (Wildman–Crippen LogP) is 5.10. The van der Waals surface area contributed by atoms with Crippen LogP contribution in [0.15, 0.2) is 71.6 Å². The molecule has 9 heteroatoms. The van der Waals surface area contributed by atoms with Gasteiger partial charge in [-0.2, -0.15) is 0 Å². The second kappa shape index (κ2) is 11.3. The van der Waals surface area contributed by atoms with E-state index in [1.54, 1.807) is 43.3 Å². The number of anilines is 1. The first-order valence-corrected chi connectivity index (χ1v) is 12.6. The number of ether oxygens (including phenoxy) is 2. The highest BCUT2D eigenvalue weighted by Gasteiger charge is 2.17. The molecule has 1 atom stereocenters. The van der Waals surface area contributed by atoms with E-state index in [4.69, 9.17) is 21.1 Å². The van der Waals surface area contributed by atoms with Gasteiger partial charge in [0.2, 0.25) is 0 Å². The zero-order valence-corrected chi connectivity index (χ0v) is 20.7. The Morgan fingerprint density at radius 3 is 2.29 bits per heavy atom. The number of carbonyl (C=O) groups excluding carboxylic acids is 1. The molecule has 0 aromatic heterocycles. The van der Waals surface area contributed by atoms with Gasteiger partial charge >= 0.3 is 0 Å². The molecule has 0 radical (unpaired) electrons. The van der Waals surface area contributed by atoms with Crippen LogP contribution in [-0.2, 0) is 14.8 Å². The Morgan fingerprint density at radius 1 is 1.00 bits per heavy atom. The molecule has 0 bridgehead atoms. The van der Waals surface area contributed by atoms with Gasteiger partial charge in [-0.25, -0.2) is 8.42 Å². The molecule has 3 rings (SSSR count). The summed E-state index contributed by atoms with van der Waals surface area (Å²) in [5.74, 6) is 0.791. The van der Waals surface area contributed by atoms with Crippen LogP contribution in [0.3, 0.4) is 0 Å². The second-order valence-corrected chi connectivity index (χ2v) is 9.74. The number of rotatable bonds is 10. The number of aryl methyl sites for hydroxylation is 1. The summed E-state index contributed by atoms with van der Waals surface area (Å²) in [5.41, 5.74) is 1.93. The number of nitrogens with one attached hydrogen (secondary N) is 2. The minimum Gasteiger partial charge on any atom is -0.494 e. The lowest BCUT2D eigenvalue weighted by atomic mass is 10.1. The van der Waals surface area contributed by atoms with Gasteiger partial charge < -0.3 is 14.8 Å². The summed E-state index contributed by atoms with van der Waals surface area (Å²) in [5, 5.41) is 3.48. The van der Waals surface area contributed by atoms with Gasteiger partial charge in [0.05, 0.1) is 17.5 Å². The Hall–Kier alpha value is -3.23. The van der Waals surface area contributed by atoms with E-state index >= 15 is 0 Å². The Bertz CT molecular complexity index is 1230. The molecule has 0 aliphatic carbocycles. The average Bonchev–Trinajstić information content (AvgIpc) is 2.80. The van der Waals surface area contributed by atoms with Crippen molar-refractivity contribution in [2.24, 2.45) is 0 Å². The number of carbonyl (C=O) groups is 1. The molecule has 0 spiro atoms. The first-order chi connectivity index (χ1) is 16.2. The third-order valence-electron chi connectivity index (χ3n) is 4.98. The van der Waals surface area contributed by atoms with E-state index < -0.39 is 10.0 Å². The van der Waals surface area contributed by atoms with E-state index in [0.29, 0.717) is 34.4 Å². The fourth-order valence-electron chi connectivity index (χ4n) is 3.21. The molecule has 0 heterocycles. The van der Waals surface area contributed by atoms with Crippen molar-refractivity contribution in [3.63, 3.8) is 0 Å². The summed E-state index contributed by atoms with van der Waals surface area (Å²) in [7, 11) is -3.79. The maximum Gasteiger partial charge on any atom is 0.261 e. The van der Waals surface area contributed by atoms with Gasteiger partial charge in [0.1, 0.15) is 11.5 Å². The topological polar surface area (TPSA) is 93.7 Å². The third-order valence-corrected chi connectivity index (χ3v) is 6.61. The summed E-state index contributed by atoms with van der Waals surface area (Å²) >= 11 is 5.90. The highest BCUT2D eigenvalue weighted by atomic mass is 35.5. The van der Waals surface area contributed by atoms with Crippen LogP contribution in [0.5, 0.6) is 11.5 Å². The van der Waals surface area contributed by atoms with Gasteiger partial charge in [-0.3, -0.25) is 9.52 Å². The maximum absolute atomic E-state index is 12.8. The molecule has 180 valence electrons. The molecule has 1 amide bonds. The summed E-state index contributed by atoms with van der Waals surface area (Å²) in [6.45, 7) is 5.79. The standard InChI is InChI=1S/C25H27ClN2O5S/c1-4-32-22-11-9-21(10-12-22)28-34(30,31)23-13-14-24(17(2)15-23)33-16-25(29)27-18(3)19-5-7-20(26)8-6-19/h5-15,18,28H,4,16H2,1-3H3,(H,27,29)/t18-/m1/s1. The number of halogens is 1. The van der Waals surface area contributed by atoms with E-state index in [1.807, 2.05) is 26.0 Å². The Labute approximate surface area is 205 Å². The highest BCUT2D eigenvalue weighted by Crippen LogP contribution is 2.24. The van der Waals surface area contributed by atoms with Gasteiger partial charge in [0, 0.05) is 10.7 Å². The number of hydrogen-bond acceptors (Lipinski definition) is 5. The number of amides is 1. The quantitative estimate of drug-likeness (QED) is 0.402. The van der Waals surface area contributed by atoms with Crippen molar-refractivity contribution in [3.8, 4) is 11.5 Å². The van der Waals surface area contributed by atoms with Crippen LogP contribution in [0.1, 0.15) is 31.0 Å². The van der Waals surface area contributed by atoms with E-state index in [9.17, 15) is 13.2 Å². The minimum absolute atomic E-state index is 0.0899. The largest absolute Gasteiger partial charge is 0.494 e. The van der Waals surface area contributed by atoms with Crippen molar-refractivity contribution in [2.75, 3.05) is 17.9 Å². The monoisotopic (exact) mass is 502 g/mol. The fraction of sp³-hybridized carbons (Fsp3) is 0.240. The summed E-state index contributed by atoms with van der Waals surface area (Å²) in [4.78, 5) is 12.4. The van der Waals surface area contributed by atoms with Gasteiger partial charge in [-0.1, -0.05) is 23.7 Å². The summed E-state index contributed by atoms with van der Waals surface area (Å²) in [6.07, 6.45) is 0. The molecular weight excluding hydrogens is 476 g/mol. The second-order valence-electron chi connectivity index (χ2n) is 7.62. The minimum atomic E-state index is -3.79. The normalized spacial score (nSPS) is 12.0. The van der Waals surface area contributed by atoms with E-state index in [1.165, 1.54) is 18.2 Å². The fourth-order valence-corrected chi connectivity index (χ4v) is 4.48. The Morgan fingerprint density at radius 2 is 1.68 bits per heavy atom. The lowest BCUT2D eigenvalue weighted by Gasteiger charge is -2.16. The van der Waals surface area contributed by atoms with Gasteiger partial charge in [-0.15, -0.1) is 0 Å². The van der Waals surface area contributed by atoms with Crippen LogP contribution in [0.4, 0.5) is 5.69 Å². The van der Waals surface area contributed by atoms with Crippen molar-refractivity contribution in [1.82, 2.24) is 5.32 Å². The molecule has 0 fully saturated rings. The number of sulfonamides is 1. The van der Waals surface area contributed by atoms with Crippen LogP contribution in [0.25, 0.3) is 0 Å². The third kappa shape index (κ3) is 6.88. The van der Waals surface area contributed by atoms with Crippen molar-refractivity contribution in [3.05, 3.63) is 82.9 Å². The summed E-state index contributed by atoms with van der Waals surface area (Å²) < 4.78 is 39.1. The van der Waals surface area contributed by atoms with Crippen LogP contribution in [-0.4, -0.2) is 27.5 Å². The van der Waals surface area contributed by atoms with Gasteiger partial charge in [0.15, 0.2) is 6.61 Å². The molecule has 0 aliphatic rings. The molecule has 2 N–H and O–H groups in total. The molecule has 7 nitrogen and oxygen atoms in total. The Kier molecular flexibility index (Phi) is 8.41. The van der Waals surface area contributed by atoms with Crippen molar-refractivity contribution < 1.29 is 22.7 Å². The van der Waals surface area contributed by atoms with E-state index in [-0.39, 0.29) is 23.5 Å². The maximum atomic E-state index is 12.8. The number of hydrogen-bond donors (Lipinski definition) is 2. The first kappa shape index (κ1) is 25.4. The SMILES string of the molecule is CCOc1ccc(NS(=O)(=O)c2ccc(OCC(=O)N[C@H](C)c3ccc(Cl)cc3)c(C)c2)cc1. The molecule has 0 saturated heterocycles. The van der Waals surface area contributed by atoms with E-state index in [0.717, 1.165) is 5.56 Å². The zero-order chi connectivity index (χ0) is 24.7. The van der Waals surface area contributed by atoms with Crippen molar-refractivity contribution in [2.45, 2.75) is 31.7 Å². The van der Waals surface area contributed by atoms with Crippen LogP contribution >= 0.6 is 11.6 Å². The smallest absolute Gasteiger partial charge is 0.261 e. The summed E-state index contributed by atoms with van der Waals surface area (Å²) in [6, 6.07) is 18.1. The molecule has 3 aromatic rings. The lowest BCUT2D eigenvalue weighted by Crippen LogP contribution is -2.31. The van der Waals surface area contributed by atoms with Gasteiger partial charge in [0.25, 0.3) is 15.9 Å². The lowest BCUT2D eigenvalue weighted by molar-refractivity contribution is -0.123. The van der Waals surface area contributed by atoms with Gasteiger partial charge in [-0.05, 0) is 86.5 Å². The first-order valence-electron chi connectivity index (χ1n) is 10.7.